The third-order valence-electron chi connectivity index (χ3n) is 4.14. The minimum atomic E-state index is -3.62. The first-order chi connectivity index (χ1) is 12.4. The van der Waals surface area contributed by atoms with Crippen LogP contribution in [-0.2, 0) is 10.0 Å². The highest BCUT2D eigenvalue weighted by Gasteiger charge is 2.17. The van der Waals surface area contributed by atoms with Gasteiger partial charge in [0, 0.05) is 23.2 Å². The number of carbonyl (C=O) groups is 1. The number of sulfonamides is 1. The lowest BCUT2D eigenvalue weighted by Crippen LogP contribution is -2.24. The Bertz CT molecular complexity index is 1070. The Morgan fingerprint density at radius 3 is 2.50 bits per heavy atom. The summed E-state index contributed by atoms with van der Waals surface area (Å²) in [5.41, 5.74) is 1.72. The van der Waals surface area contributed by atoms with E-state index in [1.165, 1.54) is 12.1 Å². The lowest BCUT2D eigenvalue weighted by atomic mass is 10.1. The van der Waals surface area contributed by atoms with Crippen molar-refractivity contribution in [3.8, 4) is 0 Å². The monoisotopic (exact) mass is 368 g/mol. The number of fused-ring (bicyclic) bond motifs is 1. The lowest BCUT2D eigenvalue weighted by molar-refractivity contribution is 0.102. The van der Waals surface area contributed by atoms with Crippen LogP contribution >= 0.6 is 0 Å². The summed E-state index contributed by atoms with van der Waals surface area (Å²) in [4.78, 5) is 12.9. The van der Waals surface area contributed by atoms with Crippen molar-refractivity contribution in [2.24, 2.45) is 0 Å². The molecule has 0 aliphatic rings. The normalized spacial score (nSPS) is 11.5. The molecule has 26 heavy (non-hydrogen) atoms. The standard InChI is InChI=1S/C20H20N2O3S/c1-3-21-26(24,25)16-12-11-14(2)18(13-16)20(23)22-19-10-6-8-15-7-4-5-9-17(15)19/h4-13,21H,3H2,1-2H3,(H,22,23). The molecule has 6 heteroatoms. The molecule has 1 amide bonds. The summed E-state index contributed by atoms with van der Waals surface area (Å²) in [5.74, 6) is -0.340. The Kier molecular flexibility index (Phi) is 5.06. The summed E-state index contributed by atoms with van der Waals surface area (Å²) in [7, 11) is -3.62. The molecule has 0 spiro atoms. The van der Waals surface area contributed by atoms with Crippen molar-refractivity contribution in [3.05, 3.63) is 71.8 Å². The fourth-order valence-electron chi connectivity index (χ4n) is 2.81. The molecule has 0 heterocycles. The predicted molar refractivity (Wildman–Crippen MR) is 104 cm³/mol. The van der Waals surface area contributed by atoms with Crippen LogP contribution in [0.2, 0.25) is 0 Å². The van der Waals surface area contributed by atoms with Crippen molar-refractivity contribution in [1.29, 1.82) is 0 Å². The molecule has 0 aromatic heterocycles. The van der Waals surface area contributed by atoms with Gasteiger partial charge in [0.2, 0.25) is 10.0 Å². The molecule has 0 aliphatic carbocycles. The van der Waals surface area contributed by atoms with Gasteiger partial charge >= 0.3 is 0 Å². The first-order valence-corrected chi connectivity index (χ1v) is 9.80. The van der Waals surface area contributed by atoms with E-state index in [2.05, 4.69) is 10.0 Å². The molecule has 2 N–H and O–H groups in total. The molecule has 0 saturated heterocycles. The summed E-state index contributed by atoms with van der Waals surface area (Å²) < 4.78 is 26.9. The maximum absolute atomic E-state index is 12.8. The smallest absolute Gasteiger partial charge is 0.255 e. The highest BCUT2D eigenvalue weighted by molar-refractivity contribution is 7.89. The first-order valence-electron chi connectivity index (χ1n) is 8.32. The van der Waals surface area contributed by atoms with E-state index >= 15 is 0 Å². The molecule has 0 unspecified atom stereocenters. The average molecular weight is 368 g/mol. The number of rotatable bonds is 5. The number of amides is 1. The Morgan fingerprint density at radius 1 is 1.00 bits per heavy atom. The van der Waals surface area contributed by atoms with Gasteiger partial charge in [-0.15, -0.1) is 0 Å². The van der Waals surface area contributed by atoms with Crippen LogP contribution in [-0.4, -0.2) is 20.9 Å². The van der Waals surface area contributed by atoms with Gasteiger partial charge in [0.25, 0.3) is 5.91 Å². The van der Waals surface area contributed by atoms with E-state index in [0.717, 1.165) is 10.8 Å². The van der Waals surface area contributed by atoms with Crippen molar-refractivity contribution < 1.29 is 13.2 Å². The summed E-state index contributed by atoms with van der Waals surface area (Å²) >= 11 is 0. The number of nitrogens with one attached hydrogen (secondary N) is 2. The van der Waals surface area contributed by atoms with E-state index in [-0.39, 0.29) is 17.3 Å². The van der Waals surface area contributed by atoms with E-state index < -0.39 is 10.0 Å². The number of aryl methyl sites for hydroxylation is 1. The van der Waals surface area contributed by atoms with Gasteiger partial charge in [-0.25, -0.2) is 13.1 Å². The molecule has 3 aromatic carbocycles. The summed E-state index contributed by atoms with van der Waals surface area (Å²) in [6, 6.07) is 18.0. The van der Waals surface area contributed by atoms with Gasteiger partial charge in [-0.05, 0) is 36.1 Å². The van der Waals surface area contributed by atoms with Crippen LogP contribution in [0.4, 0.5) is 5.69 Å². The van der Waals surface area contributed by atoms with Crippen LogP contribution in [0.15, 0.2) is 65.6 Å². The van der Waals surface area contributed by atoms with Gasteiger partial charge < -0.3 is 5.32 Å². The Morgan fingerprint density at radius 2 is 1.73 bits per heavy atom. The minimum absolute atomic E-state index is 0.0769. The zero-order valence-electron chi connectivity index (χ0n) is 14.6. The zero-order valence-corrected chi connectivity index (χ0v) is 15.4. The van der Waals surface area contributed by atoms with Crippen LogP contribution in [0.1, 0.15) is 22.8 Å². The molecule has 3 rings (SSSR count). The average Bonchev–Trinajstić information content (AvgIpc) is 2.62. The maximum atomic E-state index is 12.8. The molecular formula is C20H20N2O3S. The van der Waals surface area contributed by atoms with E-state index in [0.29, 0.717) is 16.8 Å². The van der Waals surface area contributed by atoms with E-state index in [1.54, 1.807) is 19.9 Å². The Balaban J connectivity index is 1.97. The van der Waals surface area contributed by atoms with Gasteiger partial charge in [-0.1, -0.05) is 49.4 Å². The van der Waals surface area contributed by atoms with Crippen LogP contribution in [0.5, 0.6) is 0 Å². The highest BCUT2D eigenvalue weighted by Crippen LogP contribution is 2.24. The number of hydrogen-bond acceptors (Lipinski definition) is 3. The number of hydrogen-bond donors (Lipinski definition) is 2. The van der Waals surface area contributed by atoms with Crippen molar-refractivity contribution >= 4 is 32.4 Å². The fraction of sp³-hybridized carbons (Fsp3) is 0.150. The molecular weight excluding hydrogens is 348 g/mol. The quantitative estimate of drug-likeness (QED) is 0.721. The van der Waals surface area contributed by atoms with Gasteiger partial charge in [0.1, 0.15) is 0 Å². The van der Waals surface area contributed by atoms with E-state index in [4.69, 9.17) is 0 Å². The lowest BCUT2D eigenvalue weighted by Gasteiger charge is -2.12. The SMILES string of the molecule is CCNS(=O)(=O)c1ccc(C)c(C(=O)Nc2cccc3ccccc23)c1. The first kappa shape index (κ1) is 18.1. The maximum Gasteiger partial charge on any atom is 0.255 e. The molecule has 0 aliphatic heterocycles. The molecule has 3 aromatic rings. The van der Waals surface area contributed by atoms with Crippen molar-refractivity contribution in [2.75, 3.05) is 11.9 Å². The topological polar surface area (TPSA) is 75.3 Å². The number of benzene rings is 3. The second kappa shape index (κ2) is 7.27. The Labute approximate surface area is 153 Å². The van der Waals surface area contributed by atoms with E-state index in [1.807, 2.05) is 42.5 Å². The third kappa shape index (κ3) is 3.61. The second-order valence-electron chi connectivity index (χ2n) is 5.96. The van der Waals surface area contributed by atoms with Crippen molar-refractivity contribution in [1.82, 2.24) is 4.72 Å². The van der Waals surface area contributed by atoms with E-state index in [9.17, 15) is 13.2 Å². The molecule has 0 saturated carbocycles. The van der Waals surface area contributed by atoms with Gasteiger partial charge in [0.15, 0.2) is 0 Å². The molecule has 0 bridgehead atoms. The third-order valence-corrected chi connectivity index (χ3v) is 5.68. The highest BCUT2D eigenvalue weighted by atomic mass is 32.2. The molecule has 5 nitrogen and oxygen atoms in total. The largest absolute Gasteiger partial charge is 0.321 e. The van der Waals surface area contributed by atoms with Crippen LogP contribution in [0, 0.1) is 6.92 Å². The fourth-order valence-corrected chi connectivity index (χ4v) is 3.88. The molecule has 134 valence electrons. The van der Waals surface area contributed by atoms with Crippen LogP contribution in [0.25, 0.3) is 10.8 Å². The molecule has 0 atom stereocenters. The van der Waals surface area contributed by atoms with Crippen molar-refractivity contribution in [2.45, 2.75) is 18.7 Å². The molecule has 0 radical (unpaired) electrons. The number of anilines is 1. The zero-order chi connectivity index (χ0) is 18.7. The molecule has 0 fully saturated rings. The van der Waals surface area contributed by atoms with Crippen LogP contribution in [0.3, 0.4) is 0 Å². The second-order valence-corrected chi connectivity index (χ2v) is 7.73. The summed E-state index contributed by atoms with van der Waals surface area (Å²) in [6.45, 7) is 3.77. The van der Waals surface area contributed by atoms with Gasteiger partial charge in [0.05, 0.1) is 4.90 Å². The minimum Gasteiger partial charge on any atom is -0.321 e. The summed E-state index contributed by atoms with van der Waals surface area (Å²) in [6.07, 6.45) is 0. The Hall–Kier alpha value is -2.70. The number of carbonyl (C=O) groups excluding carboxylic acids is 1. The summed E-state index contributed by atoms with van der Waals surface area (Å²) in [5, 5.41) is 4.85. The van der Waals surface area contributed by atoms with Gasteiger partial charge in [-0.3, -0.25) is 4.79 Å². The van der Waals surface area contributed by atoms with Crippen molar-refractivity contribution in [3.63, 3.8) is 0 Å². The van der Waals surface area contributed by atoms with Gasteiger partial charge in [-0.2, -0.15) is 0 Å². The van der Waals surface area contributed by atoms with Crippen LogP contribution < -0.4 is 10.0 Å². The predicted octanol–water partition coefficient (Wildman–Crippen LogP) is 3.70.